The van der Waals surface area contributed by atoms with Gasteiger partial charge in [0.25, 0.3) is 0 Å². The predicted molar refractivity (Wildman–Crippen MR) is 117 cm³/mol. The lowest BCUT2D eigenvalue weighted by atomic mass is 9.89. The van der Waals surface area contributed by atoms with Crippen molar-refractivity contribution >= 4 is 33.1 Å². The van der Waals surface area contributed by atoms with Gasteiger partial charge in [-0.25, -0.2) is 0 Å². The van der Waals surface area contributed by atoms with E-state index in [1.54, 1.807) is 0 Å². The molecule has 0 bridgehead atoms. The van der Waals surface area contributed by atoms with E-state index in [1.807, 2.05) is 18.2 Å². The molecule has 0 N–H and O–H groups in total. The highest BCUT2D eigenvalue weighted by atomic mass is 35.5. The summed E-state index contributed by atoms with van der Waals surface area (Å²) in [6.45, 7) is 0. The van der Waals surface area contributed by atoms with Gasteiger partial charge in [0.05, 0.1) is 0 Å². The van der Waals surface area contributed by atoms with Crippen LogP contribution in [0.3, 0.4) is 0 Å². The second-order valence-electron chi connectivity index (χ2n) is 6.72. The highest BCUT2D eigenvalue weighted by Crippen LogP contribution is 2.42. The Morgan fingerprint density at radius 2 is 1.15 bits per heavy atom. The molecule has 0 radical (unpaired) electrons. The lowest BCUT2D eigenvalue weighted by molar-refractivity contribution is 1.60. The van der Waals surface area contributed by atoms with E-state index in [0.29, 0.717) is 0 Å². The van der Waals surface area contributed by atoms with Gasteiger partial charge in [-0.15, -0.1) is 0 Å². The zero-order valence-electron chi connectivity index (χ0n) is 14.7. The van der Waals surface area contributed by atoms with E-state index in [0.717, 1.165) is 16.1 Å². The first kappa shape index (κ1) is 16.1. The number of fused-ring (bicyclic) bond motifs is 3. The van der Waals surface area contributed by atoms with Crippen molar-refractivity contribution in [2.24, 2.45) is 0 Å². The number of benzene rings is 5. The van der Waals surface area contributed by atoms with E-state index in [2.05, 4.69) is 84.9 Å². The van der Waals surface area contributed by atoms with Crippen molar-refractivity contribution in [1.82, 2.24) is 0 Å². The summed E-state index contributed by atoms with van der Waals surface area (Å²) in [6, 6.07) is 36.0. The fourth-order valence-electron chi connectivity index (χ4n) is 3.92. The second-order valence-corrected chi connectivity index (χ2v) is 7.13. The van der Waals surface area contributed by atoms with Gasteiger partial charge in [-0.1, -0.05) is 103 Å². The van der Waals surface area contributed by atoms with Crippen molar-refractivity contribution in [3.8, 4) is 22.3 Å². The monoisotopic (exact) mass is 364 g/mol. The van der Waals surface area contributed by atoms with Gasteiger partial charge in [0.15, 0.2) is 0 Å². The standard InChI is InChI=1S/C26H17Cl/c27-25-16-8-15-21(18-9-2-1-3-10-18)26(25)24-17-19-11-4-5-12-20(19)22-13-6-7-14-23(22)24/h1-17H. The van der Waals surface area contributed by atoms with E-state index in [1.165, 1.54) is 32.7 Å². The first-order valence-corrected chi connectivity index (χ1v) is 9.45. The van der Waals surface area contributed by atoms with Gasteiger partial charge in [0.1, 0.15) is 0 Å². The van der Waals surface area contributed by atoms with Crippen LogP contribution >= 0.6 is 11.6 Å². The van der Waals surface area contributed by atoms with E-state index in [-0.39, 0.29) is 0 Å². The molecular formula is C26H17Cl. The maximum atomic E-state index is 6.77. The molecule has 0 fully saturated rings. The molecule has 0 aliphatic heterocycles. The van der Waals surface area contributed by atoms with Crippen LogP contribution < -0.4 is 0 Å². The van der Waals surface area contributed by atoms with Crippen LogP contribution in [-0.4, -0.2) is 0 Å². The third-order valence-electron chi connectivity index (χ3n) is 5.14. The second kappa shape index (κ2) is 6.57. The summed E-state index contributed by atoms with van der Waals surface area (Å²) >= 11 is 6.77. The maximum Gasteiger partial charge on any atom is 0.0490 e. The Hall–Kier alpha value is -3.09. The lowest BCUT2D eigenvalue weighted by Gasteiger charge is -2.16. The highest BCUT2D eigenvalue weighted by molar-refractivity contribution is 6.35. The average Bonchev–Trinajstić information content (AvgIpc) is 2.74. The molecule has 0 saturated carbocycles. The Morgan fingerprint density at radius 1 is 0.481 bits per heavy atom. The van der Waals surface area contributed by atoms with Crippen molar-refractivity contribution in [2.45, 2.75) is 0 Å². The molecule has 0 nitrogen and oxygen atoms in total. The molecular weight excluding hydrogens is 348 g/mol. The zero-order valence-corrected chi connectivity index (χ0v) is 15.4. The molecule has 0 aliphatic carbocycles. The molecule has 1 heteroatoms. The van der Waals surface area contributed by atoms with Gasteiger partial charge < -0.3 is 0 Å². The summed E-state index contributed by atoms with van der Waals surface area (Å²) in [7, 11) is 0. The SMILES string of the molecule is Clc1cccc(-c2ccccc2)c1-c1cc2ccccc2c2ccccc12. The largest absolute Gasteiger partial charge is 0.0836 e. The molecule has 5 aromatic carbocycles. The van der Waals surface area contributed by atoms with E-state index >= 15 is 0 Å². The Labute approximate surface area is 163 Å². The van der Waals surface area contributed by atoms with Crippen LogP contribution in [-0.2, 0) is 0 Å². The Morgan fingerprint density at radius 3 is 1.96 bits per heavy atom. The molecule has 0 aliphatic rings. The molecule has 0 saturated heterocycles. The van der Waals surface area contributed by atoms with Gasteiger partial charge in [-0.3, -0.25) is 0 Å². The number of hydrogen-bond acceptors (Lipinski definition) is 0. The fraction of sp³-hybridized carbons (Fsp3) is 0. The minimum Gasteiger partial charge on any atom is -0.0836 e. The van der Waals surface area contributed by atoms with Gasteiger partial charge in [-0.2, -0.15) is 0 Å². The number of halogens is 1. The van der Waals surface area contributed by atoms with Crippen LogP contribution in [0, 0.1) is 0 Å². The van der Waals surface area contributed by atoms with E-state index in [9.17, 15) is 0 Å². The molecule has 0 amide bonds. The maximum absolute atomic E-state index is 6.77. The predicted octanol–water partition coefficient (Wildman–Crippen LogP) is 7.98. The van der Waals surface area contributed by atoms with Gasteiger partial charge in [0.2, 0.25) is 0 Å². The van der Waals surface area contributed by atoms with Crippen molar-refractivity contribution in [3.05, 3.63) is 108 Å². The summed E-state index contributed by atoms with van der Waals surface area (Å²) in [4.78, 5) is 0. The molecule has 0 aromatic heterocycles. The highest BCUT2D eigenvalue weighted by Gasteiger charge is 2.15. The van der Waals surface area contributed by atoms with Gasteiger partial charge in [0, 0.05) is 10.6 Å². The fourth-order valence-corrected chi connectivity index (χ4v) is 4.19. The normalized spacial score (nSPS) is 11.1. The Balaban J connectivity index is 1.92. The summed E-state index contributed by atoms with van der Waals surface area (Å²) in [5.74, 6) is 0. The van der Waals surface area contributed by atoms with Gasteiger partial charge >= 0.3 is 0 Å². The first-order chi connectivity index (χ1) is 13.3. The van der Waals surface area contributed by atoms with Crippen LogP contribution in [0.2, 0.25) is 5.02 Å². The van der Waals surface area contributed by atoms with Crippen LogP contribution in [0.25, 0.3) is 43.8 Å². The van der Waals surface area contributed by atoms with E-state index in [4.69, 9.17) is 11.6 Å². The zero-order chi connectivity index (χ0) is 18.2. The summed E-state index contributed by atoms with van der Waals surface area (Å²) in [6.07, 6.45) is 0. The topological polar surface area (TPSA) is 0 Å². The summed E-state index contributed by atoms with van der Waals surface area (Å²) in [5.41, 5.74) is 4.59. The Bertz CT molecular complexity index is 1270. The van der Waals surface area contributed by atoms with E-state index < -0.39 is 0 Å². The van der Waals surface area contributed by atoms with Crippen LogP contribution in [0.4, 0.5) is 0 Å². The average molecular weight is 365 g/mol. The molecule has 0 atom stereocenters. The van der Waals surface area contributed by atoms with Crippen LogP contribution in [0.5, 0.6) is 0 Å². The van der Waals surface area contributed by atoms with Gasteiger partial charge in [-0.05, 0) is 50.4 Å². The first-order valence-electron chi connectivity index (χ1n) is 9.08. The molecule has 27 heavy (non-hydrogen) atoms. The molecule has 5 aromatic rings. The molecule has 0 spiro atoms. The third-order valence-corrected chi connectivity index (χ3v) is 5.45. The minimum atomic E-state index is 0.775. The van der Waals surface area contributed by atoms with Crippen molar-refractivity contribution < 1.29 is 0 Å². The summed E-state index contributed by atoms with van der Waals surface area (Å²) in [5, 5.41) is 5.75. The molecule has 128 valence electrons. The van der Waals surface area contributed by atoms with Crippen LogP contribution in [0.1, 0.15) is 0 Å². The molecule has 5 rings (SSSR count). The summed E-state index contributed by atoms with van der Waals surface area (Å²) < 4.78 is 0. The van der Waals surface area contributed by atoms with Crippen LogP contribution in [0.15, 0.2) is 103 Å². The lowest BCUT2D eigenvalue weighted by Crippen LogP contribution is -1.89. The Kier molecular flexibility index (Phi) is 3.92. The quantitative estimate of drug-likeness (QED) is 0.278. The number of hydrogen-bond donors (Lipinski definition) is 0. The molecule has 0 unspecified atom stereocenters. The molecule has 0 heterocycles. The van der Waals surface area contributed by atoms with Crippen molar-refractivity contribution in [2.75, 3.05) is 0 Å². The van der Waals surface area contributed by atoms with Crippen molar-refractivity contribution in [1.29, 1.82) is 0 Å². The third kappa shape index (κ3) is 2.70. The smallest absolute Gasteiger partial charge is 0.0490 e. The minimum absolute atomic E-state index is 0.775. The van der Waals surface area contributed by atoms with Crippen molar-refractivity contribution in [3.63, 3.8) is 0 Å². The number of rotatable bonds is 2.